The molecule has 0 aromatic heterocycles. The topological polar surface area (TPSA) is 89.3 Å². The summed E-state index contributed by atoms with van der Waals surface area (Å²) in [4.78, 5) is 10.3. The first kappa shape index (κ1) is 9.39. The van der Waals surface area contributed by atoms with Gasteiger partial charge in [0.05, 0.1) is 0 Å². The van der Waals surface area contributed by atoms with E-state index in [1.807, 2.05) is 0 Å². The van der Waals surface area contributed by atoms with Gasteiger partial charge in [-0.15, -0.1) is 0 Å². The second-order valence-corrected chi connectivity index (χ2v) is 2.58. The number of aliphatic carboxylic acids is 1. The molecule has 10 heavy (non-hydrogen) atoms. The molecule has 0 aromatic rings. The van der Waals surface area contributed by atoms with E-state index in [-0.39, 0.29) is 12.0 Å². The zero-order chi connectivity index (χ0) is 8.31. The highest BCUT2D eigenvalue weighted by atomic mass is 16.4. The second-order valence-electron chi connectivity index (χ2n) is 2.58. The molecule has 0 aliphatic carbocycles. The predicted octanol–water partition coefficient (Wildman–Crippen LogP) is -0.618. The average Bonchev–Trinajstić information content (AvgIpc) is 1.84. The van der Waals surface area contributed by atoms with Crippen LogP contribution >= 0.6 is 0 Å². The van der Waals surface area contributed by atoms with Crippen molar-refractivity contribution in [1.82, 2.24) is 0 Å². The Morgan fingerprint density at radius 1 is 1.40 bits per heavy atom. The maximum atomic E-state index is 10.3. The predicted molar refractivity (Wildman–Crippen MR) is 38.4 cm³/mol. The molecule has 4 heteroatoms. The largest absolute Gasteiger partial charge is 0.480 e. The molecule has 0 radical (unpaired) electrons. The lowest BCUT2D eigenvalue weighted by Gasteiger charge is -2.18. The van der Waals surface area contributed by atoms with Crippen molar-refractivity contribution in [1.29, 1.82) is 0 Å². The summed E-state index contributed by atoms with van der Waals surface area (Å²) in [5.74, 6) is -1.18. The normalized spacial score (nSPS) is 19.6. The van der Waals surface area contributed by atoms with E-state index in [1.165, 1.54) is 0 Å². The number of hydrogen-bond donors (Lipinski definition) is 3. The highest BCUT2D eigenvalue weighted by molar-refractivity contribution is 5.73. The number of nitrogens with two attached hydrogens (primary N) is 2. The van der Waals surface area contributed by atoms with Crippen LogP contribution in [0.15, 0.2) is 0 Å². The maximum Gasteiger partial charge on any atom is 0.320 e. The van der Waals surface area contributed by atoms with E-state index >= 15 is 0 Å². The molecule has 0 aromatic carbocycles. The standard InChI is InChI=1S/C6H14N2O2/c1-3(4(2)7)5(8)6(9)10/h3-5H,7-8H2,1-2H3,(H,9,10)/t3-,4+,5-/m0/s1. The molecule has 3 atom stereocenters. The number of carboxylic acids is 1. The molecular weight excluding hydrogens is 132 g/mol. The van der Waals surface area contributed by atoms with Gasteiger partial charge < -0.3 is 16.6 Å². The minimum absolute atomic E-state index is 0.175. The fourth-order valence-corrected chi connectivity index (χ4v) is 0.552. The zero-order valence-corrected chi connectivity index (χ0v) is 6.24. The third kappa shape index (κ3) is 2.33. The van der Waals surface area contributed by atoms with Crippen LogP contribution < -0.4 is 11.5 Å². The van der Waals surface area contributed by atoms with E-state index in [0.717, 1.165) is 0 Å². The van der Waals surface area contributed by atoms with Crippen molar-refractivity contribution < 1.29 is 9.90 Å². The SMILES string of the molecule is C[C@H]([C@H](N)C(=O)O)[C@@H](C)N. The molecule has 0 fully saturated rings. The number of hydrogen-bond acceptors (Lipinski definition) is 3. The molecule has 0 rings (SSSR count). The molecule has 0 aliphatic rings. The van der Waals surface area contributed by atoms with Crippen LogP contribution in [0.1, 0.15) is 13.8 Å². The molecule has 0 heterocycles. The van der Waals surface area contributed by atoms with Crippen molar-refractivity contribution >= 4 is 5.97 Å². The Morgan fingerprint density at radius 3 is 1.90 bits per heavy atom. The fraction of sp³-hybridized carbons (Fsp3) is 0.833. The summed E-state index contributed by atoms with van der Waals surface area (Å²) in [6, 6.07) is -1.02. The number of carbonyl (C=O) groups is 1. The van der Waals surface area contributed by atoms with Crippen LogP contribution in [0.4, 0.5) is 0 Å². The number of carboxylic acid groups (broad SMARTS) is 1. The van der Waals surface area contributed by atoms with Gasteiger partial charge in [0, 0.05) is 6.04 Å². The molecule has 0 unspecified atom stereocenters. The van der Waals surface area contributed by atoms with Crippen molar-refractivity contribution in [3.8, 4) is 0 Å². The molecule has 0 aliphatic heterocycles. The Labute approximate surface area is 60.2 Å². The minimum atomic E-state index is -0.996. The minimum Gasteiger partial charge on any atom is -0.480 e. The van der Waals surface area contributed by atoms with Crippen molar-refractivity contribution in [2.75, 3.05) is 0 Å². The van der Waals surface area contributed by atoms with Gasteiger partial charge in [-0.2, -0.15) is 0 Å². The van der Waals surface area contributed by atoms with E-state index in [4.69, 9.17) is 16.6 Å². The van der Waals surface area contributed by atoms with Gasteiger partial charge in [0.2, 0.25) is 0 Å². The van der Waals surface area contributed by atoms with Crippen molar-refractivity contribution in [2.45, 2.75) is 25.9 Å². The Hall–Kier alpha value is -0.610. The number of rotatable bonds is 3. The van der Waals surface area contributed by atoms with E-state index in [9.17, 15) is 4.79 Å². The molecule has 5 N–H and O–H groups in total. The van der Waals surface area contributed by atoms with Crippen LogP contribution in [0.5, 0.6) is 0 Å². The molecule has 0 bridgehead atoms. The summed E-state index contributed by atoms with van der Waals surface area (Å²) in [7, 11) is 0. The summed E-state index contributed by atoms with van der Waals surface area (Å²) < 4.78 is 0. The smallest absolute Gasteiger partial charge is 0.320 e. The van der Waals surface area contributed by atoms with Gasteiger partial charge in [0.25, 0.3) is 0 Å². The van der Waals surface area contributed by atoms with Gasteiger partial charge in [-0.25, -0.2) is 0 Å². The van der Waals surface area contributed by atoms with E-state index in [1.54, 1.807) is 13.8 Å². The molecule has 0 spiro atoms. The van der Waals surface area contributed by atoms with Crippen LogP contribution in [-0.4, -0.2) is 23.2 Å². The molecule has 0 saturated heterocycles. The van der Waals surface area contributed by atoms with Crippen LogP contribution in [0.25, 0.3) is 0 Å². The first-order valence-electron chi connectivity index (χ1n) is 3.20. The van der Waals surface area contributed by atoms with E-state index < -0.39 is 12.0 Å². The van der Waals surface area contributed by atoms with Crippen LogP contribution in [-0.2, 0) is 4.79 Å². The molecule has 0 saturated carbocycles. The first-order chi connectivity index (χ1) is 4.46. The van der Waals surface area contributed by atoms with Gasteiger partial charge in [-0.3, -0.25) is 4.79 Å². The van der Waals surface area contributed by atoms with Crippen LogP contribution in [0.2, 0.25) is 0 Å². The summed E-state index contributed by atoms with van der Waals surface area (Å²) in [5.41, 5.74) is 10.7. The van der Waals surface area contributed by atoms with E-state index in [0.29, 0.717) is 0 Å². The van der Waals surface area contributed by atoms with Crippen LogP contribution in [0, 0.1) is 5.92 Å². The molecule has 0 amide bonds. The third-order valence-electron chi connectivity index (χ3n) is 1.68. The van der Waals surface area contributed by atoms with E-state index in [2.05, 4.69) is 0 Å². The molecular formula is C6H14N2O2. The average molecular weight is 146 g/mol. The molecule has 60 valence electrons. The summed E-state index contributed by atoms with van der Waals surface area (Å²) >= 11 is 0. The lowest BCUT2D eigenvalue weighted by Crippen LogP contribution is -2.44. The Balaban J connectivity index is 3.94. The van der Waals surface area contributed by atoms with Gasteiger partial charge in [0.1, 0.15) is 6.04 Å². The van der Waals surface area contributed by atoms with Crippen molar-refractivity contribution in [3.05, 3.63) is 0 Å². The van der Waals surface area contributed by atoms with Crippen LogP contribution in [0.3, 0.4) is 0 Å². The Bertz CT molecular complexity index is 125. The Kier molecular flexibility index (Phi) is 3.32. The summed E-state index contributed by atoms with van der Waals surface area (Å²) in [6.45, 7) is 3.47. The van der Waals surface area contributed by atoms with Crippen molar-refractivity contribution in [3.63, 3.8) is 0 Å². The van der Waals surface area contributed by atoms with Crippen molar-refractivity contribution in [2.24, 2.45) is 17.4 Å². The van der Waals surface area contributed by atoms with Gasteiger partial charge >= 0.3 is 5.97 Å². The summed E-state index contributed by atoms with van der Waals surface area (Å²) in [6.07, 6.45) is 0. The lowest BCUT2D eigenvalue weighted by atomic mass is 9.96. The maximum absolute atomic E-state index is 10.3. The Morgan fingerprint density at radius 2 is 1.80 bits per heavy atom. The quantitative estimate of drug-likeness (QED) is 0.495. The highest BCUT2D eigenvalue weighted by Gasteiger charge is 2.22. The van der Waals surface area contributed by atoms with Gasteiger partial charge in [-0.05, 0) is 12.8 Å². The third-order valence-corrected chi connectivity index (χ3v) is 1.68. The monoisotopic (exact) mass is 146 g/mol. The summed E-state index contributed by atoms with van der Waals surface area (Å²) in [5, 5.41) is 8.42. The second kappa shape index (κ2) is 3.53. The fourth-order valence-electron chi connectivity index (χ4n) is 0.552. The van der Waals surface area contributed by atoms with Gasteiger partial charge in [-0.1, -0.05) is 6.92 Å². The van der Waals surface area contributed by atoms with Gasteiger partial charge in [0.15, 0.2) is 0 Å². The lowest BCUT2D eigenvalue weighted by molar-refractivity contribution is -0.139. The zero-order valence-electron chi connectivity index (χ0n) is 6.24. The molecule has 4 nitrogen and oxygen atoms in total. The highest BCUT2D eigenvalue weighted by Crippen LogP contribution is 2.03. The first-order valence-corrected chi connectivity index (χ1v) is 3.20.